The molecule has 160 valence electrons. The lowest BCUT2D eigenvalue weighted by Gasteiger charge is -2.37. The summed E-state index contributed by atoms with van der Waals surface area (Å²) in [7, 11) is -3.70. The van der Waals surface area contributed by atoms with Gasteiger partial charge in [0.25, 0.3) is 0 Å². The van der Waals surface area contributed by atoms with Gasteiger partial charge in [0, 0.05) is 23.2 Å². The number of carboxylic acids is 1. The minimum absolute atomic E-state index is 0.00428. The van der Waals surface area contributed by atoms with Gasteiger partial charge in [0.15, 0.2) is 9.84 Å². The van der Waals surface area contributed by atoms with Crippen molar-refractivity contribution in [3.8, 4) is 0 Å². The summed E-state index contributed by atoms with van der Waals surface area (Å²) < 4.78 is 39.6. The van der Waals surface area contributed by atoms with Crippen molar-refractivity contribution in [2.75, 3.05) is 11.2 Å². The fourth-order valence-electron chi connectivity index (χ4n) is 5.21. The van der Waals surface area contributed by atoms with E-state index < -0.39 is 21.6 Å². The highest BCUT2D eigenvalue weighted by molar-refractivity contribution is 7.90. The highest BCUT2D eigenvalue weighted by Crippen LogP contribution is 2.56. The molecule has 1 heterocycles. The molecule has 4 atom stereocenters. The Morgan fingerprint density at radius 3 is 2.53 bits per heavy atom. The second-order valence-corrected chi connectivity index (χ2v) is 10.7. The lowest BCUT2D eigenvalue weighted by atomic mass is 9.92. The largest absolute Gasteiger partial charge is 0.481 e. The van der Waals surface area contributed by atoms with Crippen LogP contribution in [-0.2, 0) is 14.6 Å². The van der Waals surface area contributed by atoms with Crippen molar-refractivity contribution in [3.05, 3.63) is 58.4 Å². The first-order chi connectivity index (χ1) is 14.1. The lowest BCUT2D eigenvalue weighted by molar-refractivity contribution is -0.138. The standard InChI is InChI=1S/C22H23ClFNO4S/c1-12(13-3-6-15(23)7-4-13)25-21-14(9-20(26)27)5-8-17(21)18-10-16(24)11-19(22(18)25)30(2,28)29/h3-4,6-7,10-12,14,17,21H,5,8-9H2,1-2H3,(H,26,27). The van der Waals surface area contributed by atoms with Gasteiger partial charge in [-0.1, -0.05) is 23.7 Å². The van der Waals surface area contributed by atoms with E-state index in [1.54, 1.807) is 12.1 Å². The molecule has 1 aliphatic heterocycles. The van der Waals surface area contributed by atoms with Crippen LogP contribution in [-0.4, -0.2) is 31.8 Å². The highest BCUT2D eigenvalue weighted by atomic mass is 35.5. The number of halogens is 2. The maximum atomic E-state index is 14.4. The van der Waals surface area contributed by atoms with E-state index in [9.17, 15) is 22.7 Å². The molecule has 0 radical (unpaired) electrons. The third kappa shape index (κ3) is 3.58. The van der Waals surface area contributed by atoms with Crippen LogP contribution in [0.4, 0.5) is 10.1 Å². The van der Waals surface area contributed by atoms with Crippen molar-refractivity contribution < 1.29 is 22.7 Å². The summed E-state index contributed by atoms with van der Waals surface area (Å²) in [5.41, 5.74) is 2.09. The molecule has 0 aromatic heterocycles. The molecule has 4 rings (SSSR count). The monoisotopic (exact) mass is 451 g/mol. The normalized spacial score (nSPS) is 23.9. The number of benzene rings is 2. The number of sulfone groups is 1. The highest BCUT2D eigenvalue weighted by Gasteiger charge is 2.50. The molecular formula is C22H23ClFNO4S. The van der Waals surface area contributed by atoms with Gasteiger partial charge < -0.3 is 10.0 Å². The Balaban J connectivity index is 1.91. The molecule has 0 saturated heterocycles. The van der Waals surface area contributed by atoms with Gasteiger partial charge >= 0.3 is 5.97 Å². The van der Waals surface area contributed by atoms with E-state index in [2.05, 4.69) is 0 Å². The Morgan fingerprint density at radius 2 is 1.93 bits per heavy atom. The van der Waals surface area contributed by atoms with Gasteiger partial charge in [-0.25, -0.2) is 12.8 Å². The van der Waals surface area contributed by atoms with Crippen molar-refractivity contribution in [2.45, 2.75) is 49.1 Å². The molecule has 1 saturated carbocycles. The number of carbonyl (C=O) groups is 1. The van der Waals surface area contributed by atoms with Gasteiger partial charge in [0.1, 0.15) is 5.82 Å². The summed E-state index contributed by atoms with van der Waals surface area (Å²) in [6.07, 6.45) is 2.48. The topological polar surface area (TPSA) is 74.7 Å². The molecule has 30 heavy (non-hydrogen) atoms. The second kappa shape index (κ2) is 7.54. The predicted octanol–water partition coefficient (Wildman–Crippen LogP) is 4.80. The van der Waals surface area contributed by atoms with Crippen LogP contribution in [0, 0.1) is 11.7 Å². The third-order valence-electron chi connectivity index (χ3n) is 6.40. The Hall–Kier alpha value is -2.12. The van der Waals surface area contributed by atoms with Gasteiger partial charge in [0.2, 0.25) is 0 Å². The van der Waals surface area contributed by atoms with Crippen molar-refractivity contribution in [3.63, 3.8) is 0 Å². The number of hydrogen-bond donors (Lipinski definition) is 1. The molecule has 0 bridgehead atoms. The van der Waals surface area contributed by atoms with Crippen molar-refractivity contribution >= 4 is 33.1 Å². The van der Waals surface area contributed by atoms with E-state index in [4.69, 9.17) is 11.6 Å². The van der Waals surface area contributed by atoms with Gasteiger partial charge in [-0.3, -0.25) is 4.79 Å². The Kier molecular flexibility index (Phi) is 5.31. The molecule has 1 aliphatic carbocycles. The predicted molar refractivity (Wildman–Crippen MR) is 113 cm³/mol. The summed E-state index contributed by atoms with van der Waals surface area (Å²) in [5.74, 6) is -1.72. The zero-order valence-corrected chi connectivity index (χ0v) is 18.3. The van der Waals surface area contributed by atoms with Crippen LogP contribution in [0.2, 0.25) is 5.02 Å². The van der Waals surface area contributed by atoms with Crippen molar-refractivity contribution in [2.24, 2.45) is 5.92 Å². The molecule has 2 aliphatic rings. The SMILES string of the molecule is CC(c1ccc(Cl)cc1)N1c2c(cc(F)cc2S(C)(=O)=O)C2CCC(CC(=O)O)C21. The number of rotatable bonds is 5. The average molecular weight is 452 g/mol. The average Bonchev–Trinajstić information content (AvgIpc) is 3.18. The van der Waals surface area contributed by atoms with Crippen molar-refractivity contribution in [1.29, 1.82) is 0 Å². The van der Waals surface area contributed by atoms with Gasteiger partial charge in [0.05, 0.1) is 23.0 Å². The molecule has 8 heteroatoms. The smallest absolute Gasteiger partial charge is 0.303 e. The van der Waals surface area contributed by atoms with Gasteiger partial charge in [-0.15, -0.1) is 0 Å². The number of anilines is 1. The van der Waals surface area contributed by atoms with Crippen LogP contribution < -0.4 is 4.90 Å². The summed E-state index contributed by atoms with van der Waals surface area (Å²) >= 11 is 6.03. The molecule has 1 fully saturated rings. The van der Waals surface area contributed by atoms with Crippen LogP contribution in [0.3, 0.4) is 0 Å². The maximum absolute atomic E-state index is 14.4. The molecule has 1 N–H and O–H groups in total. The number of nitrogens with zero attached hydrogens (tertiary/aromatic N) is 1. The molecule has 0 spiro atoms. The zero-order chi connectivity index (χ0) is 21.8. The van der Waals surface area contributed by atoms with E-state index in [1.807, 2.05) is 24.0 Å². The first kappa shape index (κ1) is 21.1. The second-order valence-electron chi connectivity index (χ2n) is 8.28. The van der Waals surface area contributed by atoms with E-state index in [1.165, 1.54) is 6.07 Å². The fourth-order valence-corrected chi connectivity index (χ4v) is 6.24. The Labute approximate surface area is 180 Å². The van der Waals surface area contributed by atoms with E-state index >= 15 is 0 Å². The molecular weight excluding hydrogens is 429 g/mol. The molecule has 2 aromatic rings. The van der Waals surface area contributed by atoms with E-state index in [0.29, 0.717) is 29.1 Å². The zero-order valence-electron chi connectivity index (χ0n) is 16.7. The van der Waals surface area contributed by atoms with Crippen LogP contribution >= 0.6 is 11.6 Å². The molecule has 5 nitrogen and oxygen atoms in total. The third-order valence-corrected chi connectivity index (χ3v) is 7.76. The lowest BCUT2D eigenvalue weighted by Crippen LogP contribution is -2.39. The summed E-state index contributed by atoms with van der Waals surface area (Å²) in [6, 6.07) is 9.35. The number of fused-ring (bicyclic) bond motifs is 3. The number of carboxylic acid groups (broad SMARTS) is 1. The Morgan fingerprint density at radius 1 is 1.27 bits per heavy atom. The van der Waals surface area contributed by atoms with E-state index in [0.717, 1.165) is 17.9 Å². The minimum atomic E-state index is -3.70. The van der Waals surface area contributed by atoms with Crippen LogP contribution in [0.25, 0.3) is 0 Å². The molecule has 2 aromatic carbocycles. The first-order valence-corrected chi connectivity index (χ1v) is 12.1. The minimum Gasteiger partial charge on any atom is -0.481 e. The van der Waals surface area contributed by atoms with Crippen molar-refractivity contribution in [1.82, 2.24) is 0 Å². The molecule has 0 amide bonds. The summed E-state index contributed by atoms with van der Waals surface area (Å²) in [6.45, 7) is 1.96. The summed E-state index contributed by atoms with van der Waals surface area (Å²) in [5, 5.41) is 10.0. The fraction of sp³-hybridized carbons (Fsp3) is 0.409. The Bertz CT molecular complexity index is 1100. The van der Waals surface area contributed by atoms with Crippen LogP contribution in [0.1, 0.15) is 49.3 Å². The van der Waals surface area contributed by atoms with Crippen LogP contribution in [0.5, 0.6) is 0 Å². The maximum Gasteiger partial charge on any atom is 0.303 e. The van der Waals surface area contributed by atoms with Gasteiger partial charge in [-0.05, 0) is 61.1 Å². The number of hydrogen-bond acceptors (Lipinski definition) is 4. The van der Waals surface area contributed by atoms with E-state index in [-0.39, 0.29) is 35.2 Å². The van der Waals surface area contributed by atoms with Crippen LogP contribution in [0.15, 0.2) is 41.3 Å². The number of aliphatic carboxylic acids is 1. The quantitative estimate of drug-likeness (QED) is 0.706. The first-order valence-electron chi connectivity index (χ1n) is 9.87. The summed E-state index contributed by atoms with van der Waals surface area (Å²) in [4.78, 5) is 13.5. The molecule has 4 unspecified atom stereocenters. The van der Waals surface area contributed by atoms with Gasteiger partial charge in [-0.2, -0.15) is 0 Å².